The smallest absolute Gasteiger partial charge is 0.220 e. The predicted molar refractivity (Wildman–Crippen MR) is 81.4 cm³/mol. The molecule has 0 bridgehead atoms. The zero-order valence-corrected chi connectivity index (χ0v) is 13.4. The number of carbonyl (C=O) groups is 1. The number of rotatable bonds is 5. The number of hydrogen-bond donors (Lipinski definition) is 2. The lowest BCUT2D eigenvalue weighted by Gasteiger charge is -2.32. The second-order valence-electron chi connectivity index (χ2n) is 5.29. The van der Waals surface area contributed by atoms with Crippen LogP contribution in [0, 0.1) is 0 Å². The first kappa shape index (κ1) is 15.0. The summed E-state index contributed by atoms with van der Waals surface area (Å²) < 4.78 is 1.07. The van der Waals surface area contributed by atoms with E-state index in [9.17, 15) is 9.90 Å². The van der Waals surface area contributed by atoms with Crippen molar-refractivity contribution < 1.29 is 9.90 Å². The lowest BCUT2D eigenvalue weighted by atomic mass is 9.85. The minimum Gasteiger partial charge on any atom is -0.388 e. The van der Waals surface area contributed by atoms with Gasteiger partial charge in [-0.25, -0.2) is 0 Å². The highest BCUT2D eigenvalue weighted by molar-refractivity contribution is 9.10. The first-order valence-electron chi connectivity index (χ1n) is 6.79. The zero-order valence-electron chi connectivity index (χ0n) is 11.0. The third-order valence-corrected chi connectivity index (χ3v) is 5.38. The fourth-order valence-electron chi connectivity index (χ4n) is 2.46. The van der Waals surface area contributed by atoms with E-state index < -0.39 is 5.60 Å². The Balaban J connectivity index is 1.69. The van der Waals surface area contributed by atoms with Crippen molar-refractivity contribution in [3.05, 3.63) is 20.8 Å². The molecule has 5 heteroatoms. The molecular formula is C14H20BrNO2S. The molecule has 3 nitrogen and oxygen atoms in total. The van der Waals surface area contributed by atoms with E-state index in [1.165, 1.54) is 11.3 Å². The van der Waals surface area contributed by atoms with Crippen LogP contribution in [0.2, 0.25) is 0 Å². The van der Waals surface area contributed by atoms with Crippen molar-refractivity contribution in [2.24, 2.45) is 0 Å². The highest BCUT2D eigenvalue weighted by atomic mass is 79.9. The topological polar surface area (TPSA) is 49.3 Å². The maximum Gasteiger partial charge on any atom is 0.220 e. The minimum atomic E-state index is -0.667. The molecule has 1 aliphatic rings. The van der Waals surface area contributed by atoms with Gasteiger partial charge in [0.15, 0.2) is 0 Å². The molecule has 2 rings (SSSR count). The summed E-state index contributed by atoms with van der Waals surface area (Å²) in [7, 11) is 0. The highest BCUT2D eigenvalue weighted by Crippen LogP contribution is 2.27. The molecule has 0 unspecified atom stereocenters. The van der Waals surface area contributed by atoms with Crippen molar-refractivity contribution in [3.8, 4) is 0 Å². The van der Waals surface area contributed by atoms with Crippen LogP contribution in [0.1, 0.15) is 43.4 Å². The maximum absolute atomic E-state index is 11.8. The van der Waals surface area contributed by atoms with Crippen LogP contribution in [-0.2, 0) is 11.2 Å². The number of carbonyl (C=O) groups excluding carboxylic acids is 1. The van der Waals surface area contributed by atoms with Crippen molar-refractivity contribution in [3.63, 3.8) is 0 Å². The van der Waals surface area contributed by atoms with E-state index in [1.54, 1.807) is 11.3 Å². The second kappa shape index (κ2) is 6.86. The van der Waals surface area contributed by atoms with Crippen molar-refractivity contribution in [2.75, 3.05) is 6.54 Å². The van der Waals surface area contributed by atoms with Gasteiger partial charge in [-0.05, 0) is 41.3 Å². The summed E-state index contributed by atoms with van der Waals surface area (Å²) in [5.74, 6) is 0.0310. The van der Waals surface area contributed by atoms with Gasteiger partial charge in [-0.1, -0.05) is 19.3 Å². The van der Waals surface area contributed by atoms with Crippen molar-refractivity contribution >= 4 is 33.2 Å². The molecular weight excluding hydrogens is 326 g/mol. The molecule has 1 fully saturated rings. The normalized spacial score (nSPS) is 18.2. The van der Waals surface area contributed by atoms with E-state index in [2.05, 4.69) is 21.2 Å². The summed E-state index contributed by atoms with van der Waals surface area (Å²) in [5.41, 5.74) is -0.667. The highest BCUT2D eigenvalue weighted by Gasteiger charge is 2.29. The Morgan fingerprint density at radius 1 is 1.42 bits per heavy atom. The minimum absolute atomic E-state index is 0.0310. The van der Waals surface area contributed by atoms with Gasteiger partial charge in [0.2, 0.25) is 5.91 Å². The van der Waals surface area contributed by atoms with Crippen LogP contribution in [0.15, 0.2) is 15.9 Å². The Morgan fingerprint density at radius 3 is 2.79 bits per heavy atom. The lowest BCUT2D eigenvalue weighted by Crippen LogP contribution is -2.44. The number of halogens is 1. The van der Waals surface area contributed by atoms with E-state index >= 15 is 0 Å². The van der Waals surface area contributed by atoms with Crippen molar-refractivity contribution in [1.29, 1.82) is 0 Å². The van der Waals surface area contributed by atoms with E-state index in [0.717, 1.165) is 36.6 Å². The van der Waals surface area contributed by atoms with Gasteiger partial charge in [-0.2, -0.15) is 0 Å². The summed E-state index contributed by atoms with van der Waals surface area (Å²) in [6, 6.07) is 2.05. The van der Waals surface area contributed by atoms with Crippen LogP contribution in [-0.4, -0.2) is 23.2 Å². The third-order valence-electron chi connectivity index (χ3n) is 3.62. The van der Waals surface area contributed by atoms with Crippen LogP contribution in [0.3, 0.4) is 0 Å². The molecule has 1 amide bonds. The predicted octanol–water partition coefficient (Wildman–Crippen LogP) is 3.25. The van der Waals surface area contributed by atoms with Gasteiger partial charge in [-0.15, -0.1) is 11.3 Å². The monoisotopic (exact) mass is 345 g/mol. The molecule has 0 saturated heterocycles. The summed E-state index contributed by atoms with van der Waals surface area (Å²) in [4.78, 5) is 13.0. The van der Waals surface area contributed by atoms with Gasteiger partial charge in [0.1, 0.15) is 0 Å². The Kier molecular flexibility index (Phi) is 5.42. The maximum atomic E-state index is 11.8. The van der Waals surface area contributed by atoms with Crippen LogP contribution in [0.5, 0.6) is 0 Å². The lowest BCUT2D eigenvalue weighted by molar-refractivity contribution is -0.122. The van der Waals surface area contributed by atoms with E-state index in [0.29, 0.717) is 13.0 Å². The largest absolute Gasteiger partial charge is 0.388 e. The van der Waals surface area contributed by atoms with Gasteiger partial charge < -0.3 is 10.4 Å². The number of amides is 1. The quantitative estimate of drug-likeness (QED) is 0.860. The van der Waals surface area contributed by atoms with Gasteiger partial charge in [0.25, 0.3) is 0 Å². The molecule has 1 aromatic heterocycles. The van der Waals surface area contributed by atoms with E-state index in [4.69, 9.17) is 0 Å². The molecule has 19 heavy (non-hydrogen) atoms. The summed E-state index contributed by atoms with van der Waals surface area (Å²) in [6.07, 6.45) is 6.20. The number of hydrogen-bond acceptors (Lipinski definition) is 3. The Bertz CT molecular complexity index is 427. The van der Waals surface area contributed by atoms with Crippen molar-refractivity contribution in [2.45, 2.75) is 50.5 Å². The fourth-order valence-corrected chi connectivity index (χ4v) is 3.91. The molecule has 0 spiro atoms. The molecule has 0 atom stereocenters. The Labute approximate surface area is 126 Å². The SMILES string of the molecule is O=C(CCc1cc(Br)cs1)NCC1(O)CCCCC1. The summed E-state index contributed by atoms with van der Waals surface area (Å²) in [6.45, 7) is 0.403. The van der Waals surface area contributed by atoms with Gasteiger partial charge in [0, 0.05) is 27.7 Å². The molecule has 1 aromatic rings. The zero-order chi connectivity index (χ0) is 13.7. The third kappa shape index (κ3) is 4.89. The molecule has 1 saturated carbocycles. The fraction of sp³-hybridized carbons (Fsp3) is 0.643. The van der Waals surface area contributed by atoms with Gasteiger partial charge in [-0.3, -0.25) is 4.79 Å². The summed E-state index contributed by atoms with van der Waals surface area (Å²) in [5, 5.41) is 15.2. The Hall–Kier alpha value is -0.390. The number of thiophene rings is 1. The van der Waals surface area contributed by atoms with Crippen molar-refractivity contribution in [1.82, 2.24) is 5.32 Å². The Morgan fingerprint density at radius 2 is 2.16 bits per heavy atom. The number of nitrogens with one attached hydrogen (secondary N) is 1. The molecule has 1 aliphatic carbocycles. The first-order valence-corrected chi connectivity index (χ1v) is 8.47. The second-order valence-corrected chi connectivity index (χ2v) is 7.20. The standard InChI is InChI=1S/C14H20BrNO2S/c15-11-8-12(19-9-11)4-5-13(17)16-10-14(18)6-2-1-3-7-14/h8-9,18H,1-7,10H2,(H,16,17). The number of aliphatic hydroxyl groups is 1. The molecule has 0 aromatic carbocycles. The van der Waals surface area contributed by atoms with Crippen LogP contribution < -0.4 is 5.32 Å². The first-order chi connectivity index (χ1) is 9.07. The molecule has 0 radical (unpaired) electrons. The molecule has 1 heterocycles. The van der Waals surface area contributed by atoms with Crippen LogP contribution >= 0.6 is 27.3 Å². The molecule has 2 N–H and O–H groups in total. The van der Waals surface area contributed by atoms with E-state index in [-0.39, 0.29) is 5.91 Å². The van der Waals surface area contributed by atoms with Crippen LogP contribution in [0.4, 0.5) is 0 Å². The van der Waals surface area contributed by atoms with Crippen LogP contribution in [0.25, 0.3) is 0 Å². The van der Waals surface area contributed by atoms with E-state index in [1.807, 2.05) is 11.4 Å². The average molecular weight is 346 g/mol. The number of aryl methyl sites for hydroxylation is 1. The van der Waals surface area contributed by atoms with Gasteiger partial charge >= 0.3 is 0 Å². The average Bonchev–Trinajstić information content (AvgIpc) is 2.81. The summed E-state index contributed by atoms with van der Waals surface area (Å²) >= 11 is 5.07. The molecule has 106 valence electrons. The molecule has 0 aliphatic heterocycles. The van der Waals surface area contributed by atoms with Gasteiger partial charge in [0.05, 0.1) is 5.60 Å².